The van der Waals surface area contributed by atoms with Gasteiger partial charge in [-0.25, -0.2) is 0 Å². The minimum atomic E-state index is 0.163. The maximum absolute atomic E-state index is 11.7. The SMILES string of the molecule is O=C(CC1CC1)NCc1ccnc(-c2ccsc2)c1. The molecule has 0 spiro atoms. The van der Waals surface area contributed by atoms with Crippen LogP contribution in [0.5, 0.6) is 0 Å². The van der Waals surface area contributed by atoms with E-state index >= 15 is 0 Å². The predicted octanol–water partition coefficient (Wildman–Crippen LogP) is 3.23. The zero-order valence-corrected chi connectivity index (χ0v) is 11.5. The second kappa shape index (κ2) is 5.53. The smallest absolute Gasteiger partial charge is 0.220 e. The fraction of sp³-hybridized carbons (Fsp3) is 0.333. The van der Waals surface area contributed by atoms with Crippen molar-refractivity contribution >= 4 is 17.2 Å². The number of carbonyl (C=O) groups is 1. The lowest BCUT2D eigenvalue weighted by atomic mass is 10.1. The predicted molar refractivity (Wildman–Crippen MR) is 76.7 cm³/mol. The molecule has 98 valence electrons. The lowest BCUT2D eigenvalue weighted by Gasteiger charge is -2.06. The second-order valence-corrected chi connectivity index (χ2v) is 5.77. The van der Waals surface area contributed by atoms with Gasteiger partial charge >= 0.3 is 0 Å². The van der Waals surface area contributed by atoms with Crippen LogP contribution in [-0.2, 0) is 11.3 Å². The van der Waals surface area contributed by atoms with Crippen molar-refractivity contribution in [3.63, 3.8) is 0 Å². The van der Waals surface area contributed by atoms with Crippen LogP contribution in [-0.4, -0.2) is 10.9 Å². The summed E-state index contributed by atoms with van der Waals surface area (Å²) in [4.78, 5) is 16.0. The molecule has 3 nitrogen and oxygen atoms in total. The summed E-state index contributed by atoms with van der Waals surface area (Å²) < 4.78 is 0. The third kappa shape index (κ3) is 3.41. The Labute approximate surface area is 116 Å². The molecule has 1 N–H and O–H groups in total. The molecule has 1 aliphatic rings. The molecule has 0 saturated heterocycles. The monoisotopic (exact) mass is 272 g/mol. The Bertz CT molecular complexity index is 561. The zero-order valence-electron chi connectivity index (χ0n) is 10.6. The van der Waals surface area contributed by atoms with Gasteiger partial charge in [0.1, 0.15) is 0 Å². The Morgan fingerprint density at radius 3 is 3.05 bits per heavy atom. The van der Waals surface area contributed by atoms with Crippen molar-refractivity contribution in [2.75, 3.05) is 0 Å². The van der Waals surface area contributed by atoms with Gasteiger partial charge in [0, 0.05) is 30.1 Å². The maximum Gasteiger partial charge on any atom is 0.220 e. The fourth-order valence-corrected chi connectivity index (χ4v) is 2.66. The van der Waals surface area contributed by atoms with E-state index in [2.05, 4.69) is 21.7 Å². The Balaban J connectivity index is 1.61. The van der Waals surface area contributed by atoms with Crippen LogP contribution in [0.2, 0.25) is 0 Å². The van der Waals surface area contributed by atoms with E-state index in [9.17, 15) is 4.79 Å². The van der Waals surface area contributed by atoms with Gasteiger partial charge in [-0.2, -0.15) is 11.3 Å². The first-order valence-corrected chi connectivity index (χ1v) is 7.50. The summed E-state index contributed by atoms with van der Waals surface area (Å²) in [6.45, 7) is 0.589. The molecular weight excluding hydrogens is 256 g/mol. The largest absolute Gasteiger partial charge is 0.352 e. The Hall–Kier alpha value is -1.68. The Morgan fingerprint density at radius 1 is 1.42 bits per heavy atom. The average molecular weight is 272 g/mol. The lowest BCUT2D eigenvalue weighted by molar-refractivity contribution is -0.121. The van der Waals surface area contributed by atoms with Crippen LogP contribution in [0.1, 0.15) is 24.8 Å². The molecule has 4 heteroatoms. The van der Waals surface area contributed by atoms with Crippen molar-refractivity contribution in [1.29, 1.82) is 0 Å². The van der Waals surface area contributed by atoms with Crippen LogP contribution in [0.15, 0.2) is 35.2 Å². The van der Waals surface area contributed by atoms with Crippen molar-refractivity contribution in [1.82, 2.24) is 10.3 Å². The van der Waals surface area contributed by atoms with E-state index in [1.807, 2.05) is 17.5 Å². The molecular formula is C15H16N2OS. The van der Waals surface area contributed by atoms with Gasteiger partial charge in [-0.05, 0) is 47.9 Å². The number of thiophene rings is 1. The van der Waals surface area contributed by atoms with Gasteiger partial charge in [0.05, 0.1) is 5.69 Å². The van der Waals surface area contributed by atoms with Gasteiger partial charge < -0.3 is 5.32 Å². The molecule has 2 aromatic heterocycles. The van der Waals surface area contributed by atoms with Crippen LogP contribution in [0.4, 0.5) is 0 Å². The Morgan fingerprint density at radius 2 is 2.32 bits per heavy atom. The number of amides is 1. The Kier molecular flexibility index (Phi) is 3.60. The van der Waals surface area contributed by atoms with Gasteiger partial charge in [0.15, 0.2) is 0 Å². The van der Waals surface area contributed by atoms with Gasteiger partial charge in [-0.1, -0.05) is 0 Å². The van der Waals surface area contributed by atoms with Crippen molar-refractivity contribution in [2.45, 2.75) is 25.8 Å². The third-order valence-corrected chi connectivity index (χ3v) is 3.99. The summed E-state index contributed by atoms with van der Waals surface area (Å²) in [6, 6.07) is 6.05. The number of pyridine rings is 1. The first-order valence-electron chi connectivity index (χ1n) is 6.55. The summed E-state index contributed by atoms with van der Waals surface area (Å²) in [5, 5.41) is 7.10. The number of aromatic nitrogens is 1. The van der Waals surface area contributed by atoms with Crippen molar-refractivity contribution < 1.29 is 4.79 Å². The standard InChI is InChI=1S/C15H16N2OS/c18-15(8-11-1-2-11)17-9-12-3-5-16-14(7-12)13-4-6-19-10-13/h3-7,10-11H,1-2,8-9H2,(H,17,18). The number of hydrogen-bond acceptors (Lipinski definition) is 3. The van der Waals surface area contributed by atoms with Crippen molar-refractivity contribution in [3.8, 4) is 11.3 Å². The number of rotatable bonds is 5. The molecule has 0 radical (unpaired) electrons. The topological polar surface area (TPSA) is 42.0 Å². The molecule has 1 saturated carbocycles. The van der Waals surface area contributed by atoms with E-state index in [1.165, 1.54) is 12.8 Å². The molecule has 2 heterocycles. The van der Waals surface area contributed by atoms with Crippen molar-refractivity contribution in [3.05, 3.63) is 40.7 Å². The third-order valence-electron chi connectivity index (χ3n) is 3.30. The van der Waals surface area contributed by atoms with Gasteiger partial charge in [-0.3, -0.25) is 9.78 Å². The summed E-state index contributed by atoms with van der Waals surface area (Å²) >= 11 is 1.66. The second-order valence-electron chi connectivity index (χ2n) is 4.99. The molecule has 1 amide bonds. The average Bonchev–Trinajstić information content (AvgIpc) is 3.07. The van der Waals surface area contributed by atoms with E-state index < -0.39 is 0 Å². The number of hydrogen-bond donors (Lipinski definition) is 1. The van der Waals surface area contributed by atoms with E-state index in [0.29, 0.717) is 18.9 Å². The molecule has 0 atom stereocenters. The number of nitrogens with zero attached hydrogens (tertiary/aromatic N) is 1. The highest BCUT2D eigenvalue weighted by Gasteiger charge is 2.24. The van der Waals surface area contributed by atoms with Gasteiger partial charge in [-0.15, -0.1) is 0 Å². The quantitative estimate of drug-likeness (QED) is 0.908. The van der Waals surface area contributed by atoms with Gasteiger partial charge in [0.2, 0.25) is 5.91 Å². The first kappa shape index (κ1) is 12.4. The van der Waals surface area contributed by atoms with Gasteiger partial charge in [0.25, 0.3) is 0 Å². The summed E-state index contributed by atoms with van der Waals surface area (Å²) in [5.41, 5.74) is 3.20. The summed E-state index contributed by atoms with van der Waals surface area (Å²) in [7, 11) is 0. The molecule has 0 aromatic carbocycles. The summed E-state index contributed by atoms with van der Waals surface area (Å²) in [6.07, 6.45) is 4.91. The minimum Gasteiger partial charge on any atom is -0.352 e. The molecule has 1 fully saturated rings. The van der Waals surface area contributed by atoms with Crippen LogP contribution >= 0.6 is 11.3 Å². The van der Waals surface area contributed by atoms with E-state index in [0.717, 1.165) is 16.8 Å². The van der Waals surface area contributed by atoms with Crippen molar-refractivity contribution in [2.24, 2.45) is 5.92 Å². The highest BCUT2D eigenvalue weighted by Crippen LogP contribution is 2.32. The van der Waals surface area contributed by atoms with E-state index in [4.69, 9.17) is 0 Å². The molecule has 0 unspecified atom stereocenters. The highest BCUT2D eigenvalue weighted by molar-refractivity contribution is 7.08. The fourth-order valence-electron chi connectivity index (χ4n) is 2.01. The molecule has 2 aromatic rings. The molecule has 3 rings (SSSR count). The zero-order chi connectivity index (χ0) is 13.1. The lowest BCUT2D eigenvalue weighted by Crippen LogP contribution is -2.22. The molecule has 19 heavy (non-hydrogen) atoms. The van der Waals surface area contributed by atoms with E-state index in [-0.39, 0.29) is 5.91 Å². The normalized spacial score (nSPS) is 14.3. The minimum absolute atomic E-state index is 0.163. The number of carbonyl (C=O) groups excluding carboxylic acids is 1. The highest BCUT2D eigenvalue weighted by atomic mass is 32.1. The number of nitrogens with one attached hydrogen (secondary N) is 1. The molecule has 1 aliphatic carbocycles. The maximum atomic E-state index is 11.7. The first-order chi connectivity index (χ1) is 9.31. The van der Waals surface area contributed by atoms with Crippen LogP contribution in [0.25, 0.3) is 11.3 Å². The van der Waals surface area contributed by atoms with E-state index in [1.54, 1.807) is 17.5 Å². The summed E-state index contributed by atoms with van der Waals surface area (Å²) in [5.74, 6) is 0.801. The van der Waals surface area contributed by atoms with Crippen LogP contribution in [0.3, 0.4) is 0 Å². The molecule has 0 aliphatic heterocycles. The molecule has 0 bridgehead atoms. The van der Waals surface area contributed by atoms with Crippen LogP contribution in [0, 0.1) is 5.92 Å². The van der Waals surface area contributed by atoms with Crippen LogP contribution < -0.4 is 5.32 Å².